The Labute approximate surface area is 292 Å². The molecule has 0 spiro atoms. The van der Waals surface area contributed by atoms with Crippen molar-refractivity contribution in [1.29, 1.82) is 5.41 Å². The van der Waals surface area contributed by atoms with E-state index in [1.807, 2.05) is 52.1 Å². The molecular weight excluding hydrogens is 658 g/mol. The molecule has 10 nitrogen and oxygen atoms in total. The number of quaternary nitrogens is 1. The number of aromatic amines is 1. The Morgan fingerprint density at radius 3 is 2.60 bits per heavy atom. The van der Waals surface area contributed by atoms with Gasteiger partial charge in [0.1, 0.15) is 17.3 Å². The first-order chi connectivity index (χ1) is 23.6. The van der Waals surface area contributed by atoms with Gasteiger partial charge < -0.3 is 14.8 Å². The van der Waals surface area contributed by atoms with Gasteiger partial charge in [-0.2, -0.15) is 4.99 Å². The van der Waals surface area contributed by atoms with Crippen molar-refractivity contribution in [3.8, 4) is 11.5 Å². The lowest BCUT2D eigenvalue weighted by atomic mass is 9.74. The Morgan fingerprint density at radius 2 is 1.88 bits per heavy atom. The van der Waals surface area contributed by atoms with E-state index >= 15 is 4.39 Å². The van der Waals surface area contributed by atoms with Crippen LogP contribution in [0.1, 0.15) is 75.3 Å². The number of carboxylic acids is 1. The van der Waals surface area contributed by atoms with Crippen molar-refractivity contribution >= 4 is 38.4 Å². The maximum absolute atomic E-state index is 15.7. The molecule has 0 amide bonds. The number of ether oxygens (including phenoxy) is 1. The number of aromatic nitrogens is 2. The number of nitrogens with two attached hydrogens (primary N) is 1. The maximum Gasteiger partial charge on any atom is 0.309 e. The smallest absolute Gasteiger partial charge is 0.309 e. The highest BCUT2D eigenvalue weighted by Crippen LogP contribution is 2.49. The molecule has 50 heavy (non-hydrogen) atoms. The summed E-state index contributed by atoms with van der Waals surface area (Å²) >= 11 is 0. The highest BCUT2D eigenvalue weighted by molar-refractivity contribution is 7.91. The molecule has 1 atom stereocenters. The van der Waals surface area contributed by atoms with Crippen LogP contribution in [0.15, 0.2) is 65.9 Å². The average molecular weight is 703 g/mol. The molecule has 0 radical (unpaired) electrons. The summed E-state index contributed by atoms with van der Waals surface area (Å²) in [5.74, 6) is -0.847. The summed E-state index contributed by atoms with van der Waals surface area (Å²) in [5, 5.41) is 21.7. The van der Waals surface area contributed by atoms with Crippen LogP contribution in [-0.4, -0.2) is 59.7 Å². The van der Waals surface area contributed by atoms with Crippen LogP contribution in [0.4, 0.5) is 4.39 Å². The van der Waals surface area contributed by atoms with Gasteiger partial charge in [-0.3, -0.25) is 15.5 Å². The number of fused-ring (bicyclic) bond motifs is 5. The zero-order valence-corrected chi connectivity index (χ0v) is 29.8. The first kappa shape index (κ1) is 35.4. The van der Waals surface area contributed by atoms with Crippen LogP contribution >= 0.6 is 0 Å². The summed E-state index contributed by atoms with van der Waals surface area (Å²) in [6, 6.07) is 14.1. The Balaban J connectivity index is 1.44. The standard InChI is InChI=1S/C38H44FN5O5S/c1-36(2)12-6-13-37(3,25-8-5-7-24(19-25)22-38(14-15-38)35(45)46)34(40)44-33(41-4)31-20-26(9-16-43-31)49-32-28(11-18-50(47,48)23-36)27-10-17-42-30(27)21-29(32)39/h5,7-10,16-17,19-21,42H,6,11-15,18,22-23H2,1-4H3,(H,45,46)(H2,40,41,44)/p+1/t37-/m1/s1. The van der Waals surface area contributed by atoms with Crippen LogP contribution in [0, 0.1) is 22.1 Å². The van der Waals surface area contributed by atoms with Crippen molar-refractivity contribution in [3.63, 3.8) is 0 Å². The Kier molecular flexibility index (Phi) is 9.47. The molecule has 2 aromatic carbocycles. The van der Waals surface area contributed by atoms with E-state index < -0.39 is 37.9 Å². The van der Waals surface area contributed by atoms with Crippen molar-refractivity contribution in [2.45, 2.75) is 71.1 Å². The first-order valence-corrected chi connectivity index (χ1v) is 18.9. The van der Waals surface area contributed by atoms with Gasteiger partial charge in [-0.1, -0.05) is 44.5 Å². The lowest BCUT2D eigenvalue weighted by Gasteiger charge is -2.32. The minimum Gasteiger partial charge on any atom is -0.481 e. The summed E-state index contributed by atoms with van der Waals surface area (Å²) < 4.78 is 49.1. The third-order valence-electron chi connectivity index (χ3n) is 10.3. The monoisotopic (exact) mass is 702 g/mol. The number of nitrogens with one attached hydrogen (secondary N) is 2. The predicted molar refractivity (Wildman–Crippen MR) is 191 cm³/mol. The van der Waals surface area contributed by atoms with Gasteiger partial charge in [-0.05, 0) is 74.1 Å². The fourth-order valence-electron chi connectivity index (χ4n) is 7.18. The largest absolute Gasteiger partial charge is 0.481 e. The number of halogens is 1. The van der Waals surface area contributed by atoms with Crippen LogP contribution in [-0.2, 0) is 32.9 Å². The molecule has 6 rings (SSSR count). The SMILES string of the molecule is C[NH2+]C1=NC(=N)[C@@](C)(c2cccc(CC3(C(=O)O)CC3)c2)CCCC(C)(C)CS(=O)(=O)CCc2c(c(F)cc3[nH]ccc23)Oc2ccnc1c2. The molecule has 1 aliphatic heterocycles. The Morgan fingerprint density at radius 1 is 1.10 bits per heavy atom. The van der Waals surface area contributed by atoms with Gasteiger partial charge in [0.15, 0.2) is 21.4 Å². The van der Waals surface area contributed by atoms with Gasteiger partial charge in [-0.25, -0.2) is 17.8 Å². The number of aliphatic imine (C=N–C) groups is 1. The maximum atomic E-state index is 15.7. The number of amidine groups is 2. The van der Waals surface area contributed by atoms with Crippen LogP contribution < -0.4 is 10.1 Å². The van der Waals surface area contributed by atoms with Gasteiger partial charge in [-0.15, -0.1) is 0 Å². The molecule has 264 valence electrons. The minimum atomic E-state index is -3.57. The van der Waals surface area contributed by atoms with E-state index in [2.05, 4.69) is 9.97 Å². The number of pyridine rings is 1. The van der Waals surface area contributed by atoms with Gasteiger partial charge in [0.05, 0.1) is 29.4 Å². The van der Waals surface area contributed by atoms with E-state index in [0.717, 1.165) is 11.1 Å². The number of carboxylic acid groups (broad SMARTS) is 1. The van der Waals surface area contributed by atoms with E-state index in [4.69, 9.17) is 9.73 Å². The van der Waals surface area contributed by atoms with Crippen molar-refractivity contribution in [2.75, 3.05) is 18.6 Å². The van der Waals surface area contributed by atoms with Crippen molar-refractivity contribution in [1.82, 2.24) is 9.97 Å². The molecule has 1 aliphatic carbocycles. The molecular formula is C38H45FN5O5S+. The summed E-state index contributed by atoms with van der Waals surface area (Å²) in [5.41, 5.74) is 0.981. The summed E-state index contributed by atoms with van der Waals surface area (Å²) in [4.78, 5) is 24.3. The number of rotatable bonds is 4. The molecule has 3 heterocycles. The highest BCUT2D eigenvalue weighted by atomic mass is 32.2. The molecule has 4 aromatic rings. The molecule has 0 saturated heterocycles. The average Bonchev–Trinajstić information content (AvgIpc) is 3.70. The summed E-state index contributed by atoms with van der Waals surface area (Å²) in [6.45, 7) is 5.84. The summed E-state index contributed by atoms with van der Waals surface area (Å²) in [6.07, 6.45) is 6.69. The second kappa shape index (κ2) is 13.4. The molecule has 2 aromatic heterocycles. The van der Waals surface area contributed by atoms with E-state index in [1.54, 1.807) is 29.7 Å². The second-order valence-electron chi connectivity index (χ2n) is 14.9. The number of aryl methyl sites for hydroxylation is 1. The first-order valence-electron chi connectivity index (χ1n) is 17.1. The zero-order chi connectivity index (χ0) is 35.9. The Bertz CT molecular complexity index is 2100. The highest BCUT2D eigenvalue weighted by Gasteiger charge is 2.50. The van der Waals surface area contributed by atoms with E-state index in [0.29, 0.717) is 72.3 Å². The van der Waals surface area contributed by atoms with Gasteiger partial charge >= 0.3 is 5.97 Å². The van der Waals surface area contributed by atoms with Crippen LogP contribution in [0.2, 0.25) is 0 Å². The van der Waals surface area contributed by atoms with Crippen molar-refractivity contribution < 1.29 is 32.8 Å². The number of sulfone groups is 1. The lowest BCUT2D eigenvalue weighted by Crippen LogP contribution is -2.84. The van der Waals surface area contributed by atoms with E-state index in [-0.39, 0.29) is 29.5 Å². The van der Waals surface area contributed by atoms with E-state index in [9.17, 15) is 23.7 Å². The van der Waals surface area contributed by atoms with Gasteiger partial charge in [0, 0.05) is 41.0 Å². The molecule has 2 bridgehead atoms. The number of hydrogen-bond acceptors (Lipinski definition) is 6. The molecule has 0 unspecified atom stereocenters. The van der Waals surface area contributed by atoms with Gasteiger partial charge in [0.2, 0.25) is 0 Å². The molecule has 12 heteroatoms. The fourth-order valence-corrected chi connectivity index (χ4v) is 9.17. The second-order valence-corrected chi connectivity index (χ2v) is 17.1. The summed E-state index contributed by atoms with van der Waals surface area (Å²) in [7, 11) is -1.76. The number of carbonyl (C=O) groups is 1. The molecule has 5 N–H and O–H groups in total. The zero-order valence-electron chi connectivity index (χ0n) is 29.0. The normalized spacial score (nSPS) is 22.0. The Hall–Kier alpha value is -4.42. The number of hydrogen-bond donors (Lipinski definition) is 4. The van der Waals surface area contributed by atoms with Crippen LogP contribution in [0.25, 0.3) is 10.9 Å². The predicted octanol–water partition coefficient (Wildman–Crippen LogP) is 5.94. The fraction of sp³-hybridized carbons (Fsp3) is 0.421. The van der Waals surface area contributed by atoms with Crippen molar-refractivity contribution in [3.05, 3.63) is 89.1 Å². The lowest BCUT2D eigenvalue weighted by molar-refractivity contribution is -0.505. The third kappa shape index (κ3) is 7.36. The molecule has 1 saturated carbocycles. The van der Waals surface area contributed by atoms with E-state index in [1.165, 1.54) is 12.3 Å². The number of aliphatic carboxylic acids is 1. The van der Waals surface area contributed by atoms with Crippen LogP contribution in [0.5, 0.6) is 11.5 Å². The van der Waals surface area contributed by atoms with Crippen molar-refractivity contribution in [2.24, 2.45) is 15.8 Å². The third-order valence-corrected chi connectivity index (χ3v) is 12.4. The van der Waals surface area contributed by atoms with Crippen LogP contribution in [0.3, 0.4) is 0 Å². The number of nitrogens with zero attached hydrogens (tertiary/aromatic N) is 2. The number of H-pyrrole nitrogens is 1. The molecule has 1 fully saturated rings. The molecule has 2 aliphatic rings. The van der Waals surface area contributed by atoms with Gasteiger partial charge in [0.25, 0.3) is 5.84 Å². The topological polar surface area (TPSA) is 162 Å². The number of benzene rings is 2. The minimum absolute atomic E-state index is 0.0418. The quantitative estimate of drug-likeness (QED) is 0.206.